The molecule has 1 aromatic carbocycles. The summed E-state index contributed by atoms with van der Waals surface area (Å²) in [5, 5.41) is 11.7. The molecule has 0 aliphatic rings. The Morgan fingerprint density at radius 3 is 2.74 bits per heavy atom. The summed E-state index contributed by atoms with van der Waals surface area (Å²) >= 11 is 3.24. The molecule has 0 aromatic heterocycles. The molecule has 0 heterocycles. The molecule has 0 saturated heterocycles. The van der Waals surface area contributed by atoms with Crippen LogP contribution in [0.25, 0.3) is 0 Å². The molecule has 0 saturated carbocycles. The average molecular weight is 329 g/mol. The van der Waals surface area contributed by atoms with Gasteiger partial charge < -0.3 is 16.2 Å². The predicted octanol–water partition coefficient (Wildman–Crippen LogP) is 2.60. The lowest BCUT2D eigenvalue weighted by Crippen LogP contribution is -2.18. The number of carboxylic acids is 1. The minimum atomic E-state index is -1.08. The zero-order valence-electron chi connectivity index (χ0n) is 10.6. The van der Waals surface area contributed by atoms with E-state index in [1.165, 1.54) is 6.07 Å². The van der Waals surface area contributed by atoms with Gasteiger partial charge in [0.25, 0.3) is 0 Å². The lowest BCUT2D eigenvalue weighted by atomic mass is 10.1. The number of rotatable bonds is 6. The molecule has 1 amide bonds. The molecule has 19 heavy (non-hydrogen) atoms. The third-order valence-corrected chi connectivity index (χ3v) is 3.23. The number of amides is 1. The molecular formula is C13H17BrN2O3. The summed E-state index contributed by atoms with van der Waals surface area (Å²) in [5.74, 6) is -1.29. The second-order valence-electron chi connectivity index (χ2n) is 4.39. The van der Waals surface area contributed by atoms with Crippen LogP contribution in [0.2, 0.25) is 0 Å². The summed E-state index contributed by atoms with van der Waals surface area (Å²) in [5.41, 5.74) is 5.96. The van der Waals surface area contributed by atoms with Crippen LogP contribution in [0, 0.1) is 0 Å². The smallest absolute Gasteiger partial charge is 0.337 e. The summed E-state index contributed by atoms with van der Waals surface area (Å²) in [6, 6.07) is 4.80. The number of halogens is 1. The fraction of sp³-hybridized carbons (Fsp3) is 0.385. The van der Waals surface area contributed by atoms with E-state index in [1.807, 2.05) is 6.92 Å². The van der Waals surface area contributed by atoms with Crippen molar-refractivity contribution < 1.29 is 14.7 Å². The third-order valence-electron chi connectivity index (χ3n) is 2.57. The molecular weight excluding hydrogens is 312 g/mol. The summed E-state index contributed by atoms with van der Waals surface area (Å²) in [6.45, 7) is 1.88. The van der Waals surface area contributed by atoms with Gasteiger partial charge in [0.2, 0.25) is 5.91 Å². The molecule has 4 N–H and O–H groups in total. The second kappa shape index (κ2) is 7.25. The topological polar surface area (TPSA) is 92.4 Å². The maximum atomic E-state index is 11.8. The van der Waals surface area contributed by atoms with E-state index in [4.69, 9.17) is 10.8 Å². The minimum absolute atomic E-state index is 0.0610. The van der Waals surface area contributed by atoms with Crippen molar-refractivity contribution in [2.45, 2.75) is 32.2 Å². The van der Waals surface area contributed by atoms with Crippen LogP contribution in [0.15, 0.2) is 22.7 Å². The Kier molecular flexibility index (Phi) is 5.98. The van der Waals surface area contributed by atoms with Crippen molar-refractivity contribution in [1.82, 2.24) is 0 Å². The zero-order chi connectivity index (χ0) is 14.4. The second-order valence-corrected chi connectivity index (χ2v) is 5.24. The number of anilines is 1. The first kappa shape index (κ1) is 15.7. The van der Waals surface area contributed by atoms with Gasteiger partial charge in [-0.25, -0.2) is 4.79 Å². The van der Waals surface area contributed by atoms with Gasteiger partial charge in [-0.15, -0.1) is 0 Å². The predicted molar refractivity (Wildman–Crippen MR) is 77.2 cm³/mol. The molecule has 1 atom stereocenters. The van der Waals surface area contributed by atoms with E-state index < -0.39 is 5.97 Å². The first-order valence-corrected chi connectivity index (χ1v) is 6.78. The Morgan fingerprint density at radius 1 is 1.47 bits per heavy atom. The third kappa shape index (κ3) is 5.00. The summed E-state index contributed by atoms with van der Waals surface area (Å²) in [6.07, 6.45) is 1.76. The molecule has 0 aliphatic carbocycles. The fourth-order valence-corrected chi connectivity index (χ4v) is 2.08. The van der Waals surface area contributed by atoms with Crippen LogP contribution in [0.3, 0.4) is 0 Å². The monoisotopic (exact) mass is 328 g/mol. The molecule has 0 fully saturated rings. The number of nitrogens with one attached hydrogen (secondary N) is 1. The normalized spacial score (nSPS) is 11.9. The van der Waals surface area contributed by atoms with Crippen LogP contribution in [-0.2, 0) is 4.79 Å². The number of carboxylic acid groups (broad SMARTS) is 1. The Hall–Kier alpha value is -1.40. The van der Waals surface area contributed by atoms with E-state index >= 15 is 0 Å². The zero-order valence-corrected chi connectivity index (χ0v) is 12.2. The SMILES string of the molecule is CC(N)CCCC(=O)Nc1c(Br)cccc1C(=O)O. The number of aromatic carboxylic acids is 1. The summed E-state index contributed by atoms with van der Waals surface area (Å²) in [7, 11) is 0. The molecule has 0 radical (unpaired) electrons. The van der Waals surface area contributed by atoms with Crippen molar-refractivity contribution in [3.8, 4) is 0 Å². The highest BCUT2D eigenvalue weighted by Gasteiger charge is 2.15. The number of para-hydroxylation sites is 1. The Morgan fingerprint density at radius 2 is 2.16 bits per heavy atom. The van der Waals surface area contributed by atoms with Crippen molar-refractivity contribution in [3.05, 3.63) is 28.2 Å². The van der Waals surface area contributed by atoms with Crippen molar-refractivity contribution in [2.75, 3.05) is 5.32 Å². The first-order valence-electron chi connectivity index (χ1n) is 5.99. The molecule has 6 heteroatoms. The van der Waals surface area contributed by atoms with E-state index in [0.29, 0.717) is 23.0 Å². The van der Waals surface area contributed by atoms with Crippen LogP contribution in [0.5, 0.6) is 0 Å². The van der Waals surface area contributed by atoms with Gasteiger partial charge in [0.15, 0.2) is 0 Å². The highest BCUT2D eigenvalue weighted by molar-refractivity contribution is 9.10. The van der Waals surface area contributed by atoms with Crippen LogP contribution in [0.4, 0.5) is 5.69 Å². The number of carbonyl (C=O) groups is 2. The number of hydrogen-bond acceptors (Lipinski definition) is 3. The minimum Gasteiger partial charge on any atom is -0.478 e. The van der Waals surface area contributed by atoms with Crippen molar-refractivity contribution in [3.63, 3.8) is 0 Å². The average Bonchev–Trinajstić information content (AvgIpc) is 2.30. The molecule has 0 aliphatic heterocycles. The van der Waals surface area contributed by atoms with E-state index in [1.54, 1.807) is 12.1 Å². The highest BCUT2D eigenvalue weighted by atomic mass is 79.9. The van der Waals surface area contributed by atoms with Crippen LogP contribution in [0.1, 0.15) is 36.5 Å². The van der Waals surface area contributed by atoms with E-state index in [-0.39, 0.29) is 17.5 Å². The van der Waals surface area contributed by atoms with Gasteiger partial charge in [-0.3, -0.25) is 4.79 Å². The Labute approximate surface area is 120 Å². The molecule has 0 bridgehead atoms. The van der Waals surface area contributed by atoms with Crippen LogP contribution >= 0.6 is 15.9 Å². The summed E-state index contributed by atoms with van der Waals surface area (Å²) in [4.78, 5) is 22.8. The number of carbonyl (C=O) groups excluding carboxylic acids is 1. The number of hydrogen-bond donors (Lipinski definition) is 3. The quantitative estimate of drug-likeness (QED) is 0.748. The van der Waals surface area contributed by atoms with E-state index in [0.717, 1.165) is 6.42 Å². The standard InChI is InChI=1S/C13H17BrN2O3/c1-8(15)4-2-7-11(17)16-12-9(13(18)19)5-3-6-10(12)14/h3,5-6,8H,2,4,7,15H2,1H3,(H,16,17)(H,18,19). The van der Waals surface area contributed by atoms with Gasteiger partial charge in [-0.2, -0.15) is 0 Å². The van der Waals surface area contributed by atoms with Gasteiger partial charge in [-0.05, 0) is 47.8 Å². The largest absolute Gasteiger partial charge is 0.478 e. The highest BCUT2D eigenvalue weighted by Crippen LogP contribution is 2.26. The maximum Gasteiger partial charge on any atom is 0.337 e. The maximum absolute atomic E-state index is 11.8. The Bertz CT molecular complexity index is 475. The van der Waals surface area contributed by atoms with Gasteiger partial charge >= 0.3 is 5.97 Å². The number of nitrogens with two attached hydrogens (primary N) is 1. The van der Waals surface area contributed by atoms with Crippen molar-refractivity contribution >= 4 is 33.5 Å². The first-order chi connectivity index (χ1) is 8.91. The number of benzene rings is 1. The Balaban J connectivity index is 2.71. The van der Waals surface area contributed by atoms with Crippen LogP contribution < -0.4 is 11.1 Å². The van der Waals surface area contributed by atoms with E-state index in [2.05, 4.69) is 21.2 Å². The van der Waals surface area contributed by atoms with Gasteiger partial charge in [0, 0.05) is 16.9 Å². The molecule has 1 rings (SSSR count). The molecule has 104 valence electrons. The molecule has 1 unspecified atom stereocenters. The van der Waals surface area contributed by atoms with Gasteiger partial charge in [-0.1, -0.05) is 6.07 Å². The van der Waals surface area contributed by atoms with Crippen molar-refractivity contribution in [1.29, 1.82) is 0 Å². The lowest BCUT2D eigenvalue weighted by Gasteiger charge is -2.11. The lowest BCUT2D eigenvalue weighted by molar-refractivity contribution is -0.116. The summed E-state index contributed by atoms with van der Waals surface area (Å²) < 4.78 is 0.549. The molecule has 0 spiro atoms. The molecule has 1 aromatic rings. The van der Waals surface area contributed by atoms with Crippen LogP contribution in [-0.4, -0.2) is 23.0 Å². The fourth-order valence-electron chi connectivity index (χ4n) is 1.62. The molecule has 5 nitrogen and oxygen atoms in total. The van der Waals surface area contributed by atoms with Crippen molar-refractivity contribution in [2.24, 2.45) is 5.73 Å². The van der Waals surface area contributed by atoms with E-state index in [9.17, 15) is 9.59 Å². The van der Waals surface area contributed by atoms with Gasteiger partial charge in [0.05, 0.1) is 11.3 Å². The van der Waals surface area contributed by atoms with Gasteiger partial charge in [0.1, 0.15) is 0 Å².